The smallest absolute Gasteiger partial charge is 0.231 e. The molecule has 4 heteroatoms. The Balaban J connectivity index is 1.65. The van der Waals surface area contributed by atoms with Crippen molar-refractivity contribution in [3.8, 4) is 0 Å². The van der Waals surface area contributed by atoms with E-state index in [0.717, 1.165) is 24.0 Å². The van der Waals surface area contributed by atoms with Crippen molar-refractivity contribution in [2.45, 2.75) is 64.2 Å². The van der Waals surface area contributed by atoms with Crippen molar-refractivity contribution >= 4 is 5.91 Å². The van der Waals surface area contributed by atoms with Crippen LogP contribution in [-0.4, -0.2) is 33.9 Å². The summed E-state index contributed by atoms with van der Waals surface area (Å²) >= 11 is 0. The zero-order chi connectivity index (χ0) is 22.8. The number of rotatable bonds is 2. The molecular formula is C28H35NO3. The maximum Gasteiger partial charge on any atom is 0.231 e. The summed E-state index contributed by atoms with van der Waals surface area (Å²) in [4.78, 5) is 13.8. The number of carbonyl (C=O) groups is 1. The van der Waals surface area contributed by atoms with Crippen LogP contribution in [0.4, 0.5) is 0 Å². The monoisotopic (exact) mass is 433 g/mol. The molecular weight excluding hydrogens is 398 g/mol. The third-order valence-electron chi connectivity index (χ3n) is 8.74. The molecule has 5 rings (SSSR count). The minimum Gasteiger partial charge on any atom is -0.388 e. The Morgan fingerprint density at radius 3 is 2.62 bits per heavy atom. The Kier molecular flexibility index (Phi) is 5.03. The van der Waals surface area contributed by atoms with Gasteiger partial charge in [0, 0.05) is 17.9 Å². The molecule has 32 heavy (non-hydrogen) atoms. The van der Waals surface area contributed by atoms with Crippen LogP contribution in [0, 0.1) is 29.1 Å². The Bertz CT molecular complexity index is 1010. The van der Waals surface area contributed by atoms with Gasteiger partial charge in [-0.2, -0.15) is 0 Å². The fourth-order valence-electron chi connectivity index (χ4n) is 7.43. The third kappa shape index (κ3) is 3.07. The number of fused-ring (bicyclic) bond motifs is 1. The van der Waals surface area contributed by atoms with Crippen LogP contribution in [0.3, 0.4) is 0 Å². The van der Waals surface area contributed by atoms with E-state index in [0.29, 0.717) is 18.8 Å². The first-order valence-electron chi connectivity index (χ1n) is 12.0. The molecule has 8 atom stereocenters. The first kappa shape index (κ1) is 21.7. The van der Waals surface area contributed by atoms with E-state index in [1.54, 1.807) is 0 Å². The average Bonchev–Trinajstić information content (AvgIpc) is 2.93. The highest BCUT2D eigenvalue weighted by atomic mass is 16.3. The maximum absolute atomic E-state index is 13.8. The number of aliphatic hydroxyl groups excluding tert-OH is 1. The highest BCUT2D eigenvalue weighted by Gasteiger charge is 2.67. The van der Waals surface area contributed by atoms with Crippen LogP contribution < -0.4 is 5.32 Å². The quantitative estimate of drug-likeness (QED) is 0.619. The van der Waals surface area contributed by atoms with Crippen LogP contribution in [0.5, 0.6) is 0 Å². The summed E-state index contributed by atoms with van der Waals surface area (Å²) in [7, 11) is 0. The van der Waals surface area contributed by atoms with Crippen molar-refractivity contribution < 1.29 is 15.0 Å². The lowest BCUT2D eigenvalue weighted by atomic mass is 9.49. The molecule has 1 heterocycles. The molecule has 1 aromatic rings. The van der Waals surface area contributed by atoms with Gasteiger partial charge in [0.2, 0.25) is 5.91 Å². The molecule has 4 nitrogen and oxygen atoms in total. The Hall–Kier alpha value is -2.17. The zero-order valence-electron chi connectivity index (χ0n) is 19.3. The largest absolute Gasteiger partial charge is 0.388 e. The van der Waals surface area contributed by atoms with Crippen LogP contribution in [-0.2, 0) is 11.2 Å². The molecule has 0 bridgehead atoms. The highest BCUT2D eigenvalue weighted by molar-refractivity contribution is 5.90. The lowest BCUT2D eigenvalue weighted by molar-refractivity contribution is -0.139. The number of benzene rings is 1. The van der Waals surface area contributed by atoms with Gasteiger partial charge in [-0.1, -0.05) is 68.5 Å². The van der Waals surface area contributed by atoms with E-state index in [9.17, 15) is 15.0 Å². The number of hydrogen-bond acceptors (Lipinski definition) is 3. The summed E-state index contributed by atoms with van der Waals surface area (Å²) in [5.74, 6) is -0.0539. The zero-order valence-corrected chi connectivity index (χ0v) is 19.3. The topological polar surface area (TPSA) is 69.6 Å². The number of allylic oxidation sites excluding steroid dienone is 1. The van der Waals surface area contributed by atoms with Crippen molar-refractivity contribution in [1.29, 1.82) is 0 Å². The lowest BCUT2D eigenvalue weighted by Gasteiger charge is -2.55. The van der Waals surface area contributed by atoms with E-state index in [2.05, 4.69) is 57.0 Å². The number of nitrogens with one attached hydrogen (secondary N) is 1. The van der Waals surface area contributed by atoms with Gasteiger partial charge < -0.3 is 15.5 Å². The molecule has 1 amide bonds. The van der Waals surface area contributed by atoms with E-state index >= 15 is 0 Å². The van der Waals surface area contributed by atoms with Crippen molar-refractivity contribution in [3.05, 3.63) is 71.3 Å². The van der Waals surface area contributed by atoms with Gasteiger partial charge in [0.1, 0.15) is 0 Å². The van der Waals surface area contributed by atoms with E-state index in [4.69, 9.17) is 0 Å². The molecule has 4 aliphatic rings. The number of amides is 1. The average molecular weight is 434 g/mol. The molecule has 2 fully saturated rings. The van der Waals surface area contributed by atoms with Crippen LogP contribution in [0.2, 0.25) is 0 Å². The number of hydrogen-bond donors (Lipinski definition) is 3. The van der Waals surface area contributed by atoms with E-state index in [1.807, 2.05) is 18.2 Å². The van der Waals surface area contributed by atoms with Crippen molar-refractivity contribution in [2.24, 2.45) is 29.1 Å². The third-order valence-corrected chi connectivity index (χ3v) is 8.74. The number of carbonyl (C=O) groups excluding carboxylic acids is 1. The van der Waals surface area contributed by atoms with E-state index in [-0.39, 0.29) is 29.7 Å². The summed E-state index contributed by atoms with van der Waals surface area (Å²) < 4.78 is 0. The SMILES string of the molecule is C=C1[C@@H](C)[C@H]2[C@H](Cc3ccccc3)NC(=O)[C@]23C=C2C=C(C)C[C@@H](C)C[C@]2(O)C[C@H]3[C@@H]1O. The Morgan fingerprint density at radius 1 is 1.19 bits per heavy atom. The molecule has 3 aliphatic carbocycles. The lowest BCUT2D eigenvalue weighted by Crippen LogP contribution is -2.59. The molecule has 0 unspecified atom stereocenters. The molecule has 170 valence electrons. The van der Waals surface area contributed by atoms with E-state index in [1.165, 1.54) is 11.1 Å². The predicted molar refractivity (Wildman–Crippen MR) is 126 cm³/mol. The van der Waals surface area contributed by atoms with Gasteiger partial charge in [-0.15, -0.1) is 0 Å². The van der Waals surface area contributed by atoms with Crippen LogP contribution in [0.25, 0.3) is 0 Å². The summed E-state index contributed by atoms with van der Waals surface area (Å²) in [6, 6.07) is 10.2. The van der Waals surface area contributed by atoms with Gasteiger partial charge in [-0.3, -0.25) is 4.79 Å². The van der Waals surface area contributed by atoms with Crippen LogP contribution in [0.15, 0.2) is 65.8 Å². The molecule has 1 saturated heterocycles. The summed E-state index contributed by atoms with van der Waals surface area (Å²) in [5.41, 5.74) is 2.23. The maximum atomic E-state index is 13.8. The summed E-state index contributed by atoms with van der Waals surface area (Å²) in [5, 5.41) is 26.4. The molecule has 1 aliphatic heterocycles. The first-order chi connectivity index (χ1) is 15.2. The normalized spacial score (nSPS) is 43.3. The molecule has 3 N–H and O–H groups in total. The summed E-state index contributed by atoms with van der Waals surface area (Å²) in [6.07, 6.45) is 6.08. The van der Waals surface area contributed by atoms with Gasteiger partial charge in [-0.25, -0.2) is 0 Å². The van der Waals surface area contributed by atoms with Crippen molar-refractivity contribution in [2.75, 3.05) is 0 Å². The molecule has 1 spiro atoms. The fourth-order valence-corrected chi connectivity index (χ4v) is 7.43. The second-order valence-corrected chi connectivity index (χ2v) is 11.0. The summed E-state index contributed by atoms with van der Waals surface area (Å²) in [6.45, 7) is 10.6. The predicted octanol–water partition coefficient (Wildman–Crippen LogP) is 3.95. The van der Waals surface area contributed by atoms with Gasteiger partial charge in [0.25, 0.3) is 0 Å². The molecule has 1 saturated carbocycles. The Labute approximate surface area is 191 Å². The minimum atomic E-state index is -1.02. The second kappa shape index (κ2) is 7.43. The Morgan fingerprint density at radius 2 is 1.91 bits per heavy atom. The van der Waals surface area contributed by atoms with Crippen molar-refractivity contribution in [1.82, 2.24) is 5.32 Å². The van der Waals surface area contributed by atoms with Crippen LogP contribution in [0.1, 0.15) is 45.6 Å². The molecule has 0 radical (unpaired) electrons. The van der Waals surface area contributed by atoms with E-state index < -0.39 is 17.1 Å². The van der Waals surface area contributed by atoms with Gasteiger partial charge in [-0.05, 0) is 61.2 Å². The fraction of sp³-hybridized carbons (Fsp3) is 0.536. The van der Waals surface area contributed by atoms with Crippen molar-refractivity contribution in [3.63, 3.8) is 0 Å². The highest BCUT2D eigenvalue weighted by Crippen LogP contribution is 2.62. The minimum absolute atomic E-state index is 0.00765. The van der Waals surface area contributed by atoms with Crippen LogP contribution >= 0.6 is 0 Å². The molecule has 0 aromatic heterocycles. The molecule has 1 aromatic carbocycles. The van der Waals surface area contributed by atoms with Gasteiger partial charge in [0.05, 0.1) is 17.1 Å². The van der Waals surface area contributed by atoms with Gasteiger partial charge in [0.15, 0.2) is 0 Å². The second-order valence-electron chi connectivity index (χ2n) is 11.0. The standard InChI is InChI=1S/C28H35NO3/c1-16-10-17(2)13-27(32)15-22-25(30)19(4)18(3)24-23(12-20-8-6-5-7-9-20)29-26(31)28(22,24)14-21(27)11-16/h5-9,11,14,17-18,22-25,30,32H,4,10,12-13,15H2,1-3H3,(H,29,31)/t17-,18-,22+,23+,24+,25-,27+,28+/m1/s1. The first-order valence-corrected chi connectivity index (χ1v) is 12.0. The number of aliphatic hydroxyl groups is 2. The van der Waals surface area contributed by atoms with Gasteiger partial charge >= 0.3 is 0 Å².